The molecule has 1 fully saturated rings. The maximum atomic E-state index is 15.0. The molecular weight excluding hydrogens is 997 g/mol. The van der Waals surface area contributed by atoms with Crippen LogP contribution in [0.5, 0.6) is 0 Å². The maximum Gasteiger partial charge on any atom is 0.326 e. The summed E-state index contributed by atoms with van der Waals surface area (Å²) in [6.07, 6.45) is 6.08. The topological polar surface area (TPSA) is 397 Å². The fourth-order valence-electron chi connectivity index (χ4n) is 10.1. The van der Waals surface area contributed by atoms with E-state index in [-0.39, 0.29) is 75.0 Å². The van der Waals surface area contributed by atoms with Gasteiger partial charge in [-0.1, -0.05) is 60.1 Å². The number of carbonyl (C=O) groups excluding carboxylic acids is 8. The summed E-state index contributed by atoms with van der Waals surface area (Å²) in [6, 6.07) is -5.00. The Kier molecular flexibility index (Phi) is 18.0. The molecule has 7 bridgehead atoms. The summed E-state index contributed by atoms with van der Waals surface area (Å²) < 4.78 is 1.62. The van der Waals surface area contributed by atoms with Gasteiger partial charge in [0, 0.05) is 72.7 Å². The standard InChI is InChI=1S/C51H70N16O10/c1-7-25(6)40-48(74)64-39(24(4)5)47(73)62-35-18-30-29-11-10-26(38(23(2)3)41(49(75)65-40)66-44(70)32-12-13-37(68)58-32)15-33(29)59-42(30)67-20-28(57-22-67)17-34(45(71)63-36(50(76)77)16-27-19-54-21-56-27)61-43(69)31(60-46(35)72)9-8-14-55-51(52)53/h10-11,15,19-25,31-32,34-36,38-41,59H,7-9,12-14,16-18H2,1-6H3,(H,54,56)(H,58,68)(H,60,72)(H,61,69)(H,62,73)(H,63,71)(H,64,74)(H,65,75)(H,66,70)(H,76,77)(H4,52,53,55)/t25-,31+,32+,34+,35+,36+,38-,39+,40+,41+/m1/s1. The van der Waals surface area contributed by atoms with Crippen molar-refractivity contribution in [3.05, 3.63) is 65.8 Å². The first-order chi connectivity index (χ1) is 36.6. The number of benzene rings is 1. The molecule has 0 spiro atoms. The third kappa shape index (κ3) is 13.6. The molecule has 4 aliphatic rings. The van der Waals surface area contributed by atoms with Crippen molar-refractivity contribution in [3.8, 4) is 5.82 Å². The van der Waals surface area contributed by atoms with E-state index in [1.54, 1.807) is 43.7 Å². The SMILES string of the molecule is CC[C@@H](C)[C@@H]1NC(=O)[C@@H](NC(=O)[C@@H]2CCC(=O)N2)[C@H](C(C)C)c2ccc3c4c([nH]c3c2)-n2cnc(c2)C[C@@H](C(=O)N[C@@H](Cc2cnc[nH]2)C(=O)O)NC(=O)[C@H](CCCN=C(N)N)NC(=O)[C@H](C4)NC(=O)[C@H](C(C)C)NC1=O. The number of aliphatic imine (C=N–C) groups is 1. The normalized spacial score (nSPS) is 24.2. The van der Waals surface area contributed by atoms with Gasteiger partial charge in [-0.05, 0) is 48.6 Å². The van der Waals surface area contributed by atoms with Gasteiger partial charge < -0.3 is 69.1 Å². The summed E-state index contributed by atoms with van der Waals surface area (Å²) >= 11 is 0. The minimum atomic E-state index is -1.45. The Morgan fingerprint density at radius 1 is 0.857 bits per heavy atom. The van der Waals surface area contributed by atoms with E-state index < -0.39 is 113 Å². The number of aromatic amines is 2. The fourth-order valence-corrected chi connectivity index (χ4v) is 10.1. The van der Waals surface area contributed by atoms with Crippen LogP contribution in [0.4, 0.5) is 0 Å². The minimum Gasteiger partial charge on any atom is -0.480 e. The highest BCUT2D eigenvalue weighted by Gasteiger charge is 2.41. The number of H-pyrrole nitrogens is 2. The van der Waals surface area contributed by atoms with Crippen molar-refractivity contribution in [1.29, 1.82) is 0 Å². The van der Waals surface area contributed by atoms with Crippen LogP contribution in [0.2, 0.25) is 0 Å². The van der Waals surface area contributed by atoms with Gasteiger partial charge in [-0.3, -0.25) is 47.9 Å². The van der Waals surface area contributed by atoms with E-state index in [0.717, 1.165) is 0 Å². The summed E-state index contributed by atoms with van der Waals surface area (Å²) in [5.41, 5.74) is 13.5. The quantitative estimate of drug-likeness (QED) is 0.0285. The Bertz CT molecular complexity index is 2890. The van der Waals surface area contributed by atoms with Crippen molar-refractivity contribution < 1.29 is 48.3 Å². The first kappa shape index (κ1) is 56.4. The molecule has 0 unspecified atom stereocenters. The number of nitrogens with two attached hydrogens (primary N) is 2. The highest BCUT2D eigenvalue weighted by Crippen LogP contribution is 2.35. The van der Waals surface area contributed by atoms with Crippen LogP contribution in [0.25, 0.3) is 16.7 Å². The largest absolute Gasteiger partial charge is 0.480 e. The van der Waals surface area contributed by atoms with Crippen LogP contribution < -0.4 is 54.0 Å². The molecule has 3 aromatic heterocycles. The second kappa shape index (κ2) is 24.6. The van der Waals surface area contributed by atoms with E-state index in [1.807, 2.05) is 26.8 Å². The average Bonchev–Trinajstić information content (AvgIpc) is 4.22. The predicted octanol–water partition coefficient (Wildman–Crippen LogP) is -1.32. The van der Waals surface area contributed by atoms with E-state index in [1.165, 1.54) is 18.9 Å². The van der Waals surface area contributed by atoms with Crippen molar-refractivity contribution >= 4 is 70.1 Å². The van der Waals surface area contributed by atoms with Crippen LogP contribution in [0, 0.1) is 17.8 Å². The second-order valence-electron chi connectivity index (χ2n) is 20.8. The Labute approximate surface area is 443 Å². The van der Waals surface area contributed by atoms with E-state index in [9.17, 15) is 43.5 Å². The average molecular weight is 1070 g/mol. The number of nitrogens with one attached hydrogen (secondary N) is 10. The molecule has 8 amide bonds. The zero-order valence-corrected chi connectivity index (χ0v) is 43.9. The van der Waals surface area contributed by atoms with Crippen molar-refractivity contribution in [3.63, 3.8) is 0 Å². The van der Waals surface area contributed by atoms with Crippen LogP contribution in [-0.2, 0) is 62.4 Å². The molecule has 4 aromatic rings. The Hall–Kier alpha value is -8.32. The number of guanidine groups is 1. The molecule has 77 heavy (non-hydrogen) atoms. The van der Waals surface area contributed by atoms with Gasteiger partial charge >= 0.3 is 5.97 Å². The van der Waals surface area contributed by atoms with Gasteiger partial charge in [-0.25, -0.2) is 14.8 Å². The lowest BCUT2D eigenvalue weighted by Gasteiger charge is -2.34. The Morgan fingerprint density at radius 3 is 2.25 bits per heavy atom. The summed E-state index contributed by atoms with van der Waals surface area (Å²) in [6.45, 7) is 10.8. The van der Waals surface area contributed by atoms with Crippen molar-refractivity contribution in [2.75, 3.05) is 6.54 Å². The molecule has 0 aliphatic carbocycles. The van der Waals surface area contributed by atoms with E-state index in [4.69, 9.17) is 11.5 Å². The number of hydrogen-bond donors (Lipinski definition) is 13. The second-order valence-corrected chi connectivity index (χ2v) is 20.8. The number of aliphatic carboxylic acids is 1. The molecule has 7 heterocycles. The van der Waals surface area contributed by atoms with Crippen LogP contribution in [0.1, 0.15) is 102 Å². The van der Waals surface area contributed by atoms with Crippen LogP contribution in [0.3, 0.4) is 0 Å². The lowest BCUT2D eigenvalue weighted by Crippen LogP contribution is -2.62. The first-order valence-corrected chi connectivity index (χ1v) is 26.0. The Balaban J connectivity index is 1.39. The van der Waals surface area contributed by atoms with Gasteiger partial charge in [0.25, 0.3) is 0 Å². The molecule has 10 atom stereocenters. The molecule has 0 saturated carbocycles. The summed E-state index contributed by atoms with van der Waals surface area (Å²) in [5.74, 6) is -8.85. The summed E-state index contributed by atoms with van der Waals surface area (Å²) in [5, 5.41) is 33.0. The molecule has 4 aliphatic heterocycles. The van der Waals surface area contributed by atoms with Gasteiger partial charge in [0.15, 0.2) is 5.96 Å². The number of hydrogen-bond acceptors (Lipinski definition) is 12. The van der Waals surface area contributed by atoms with E-state index in [2.05, 4.69) is 67.5 Å². The fraction of sp³-hybridized carbons (Fsp3) is 0.529. The zero-order chi connectivity index (χ0) is 55.8. The lowest BCUT2D eigenvalue weighted by molar-refractivity contribution is -0.142. The third-order valence-corrected chi connectivity index (χ3v) is 14.5. The molecule has 8 rings (SSSR count). The van der Waals surface area contributed by atoms with Gasteiger partial charge in [0.05, 0.1) is 12.0 Å². The van der Waals surface area contributed by atoms with Gasteiger partial charge in [-0.15, -0.1) is 0 Å². The highest BCUT2D eigenvalue weighted by molar-refractivity contribution is 6.00. The number of aromatic nitrogens is 5. The van der Waals surface area contributed by atoms with Gasteiger partial charge in [-0.2, -0.15) is 0 Å². The smallest absolute Gasteiger partial charge is 0.326 e. The molecule has 0 radical (unpaired) electrons. The molecule has 1 saturated heterocycles. The Morgan fingerprint density at radius 2 is 1.60 bits per heavy atom. The maximum absolute atomic E-state index is 15.0. The van der Waals surface area contributed by atoms with Crippen molar-refractivity contribution in [1.82, 2.24) is 67.0 Å². The van der Waals surface area contributed by atoms with Crippen molar-refractivity contribution in [2.45, 2.75) is 147 Å². The van der Waals surface area contributed by atoms with E-state index in [0.29, 0.717) is 40.0 Å². The number of carbonyl (C=O) groups is 9. The third-order valence-electron chi connectivity index (χ3n) is 14.5. The lowest BCUT2D eigenvalue weighted by atomic mass is 9.81. The minimum absolute atomic E-state index is 0.0511. The van der Waals surface area contributed by atoms with Gasteiger partial charge in [0.1, 0.15) is 60.5 Å². The number of rotatable bonds is 15. The first-order valence-electron chi connectivity index (χ1n) is 26.0. The zero-order valence-electron chi connectivity index (χ0n) is 43.9. The predicted molar refractivity (Wildman–Crippen MR) is 279 cm³/mol. The molecule has 15 N–H and O–H groups in total. The number of carboxylic acid groups (broad SMARTS) is 1. The monoisotopic (exact) mass is 1070 g/mol. The number of carboxylic acids is 1. The number of nitrogens with zero attached hydrogens (tertiary/aromatic N) is 4. The van der Waals surface area contributed by atoms with Crippen molar-refractivity contribution in [2.24, 2.45) is 34.2 Å². The van der Waals surface area contributed by atoms with Gasteiger partial charge in [0.2, 0.25) is 47.3 Å². The number of imidazole rings is 2. The van der Waals surface area contributed by atoms with Crippen LogP contribution in [0.15, 0.2) is 48.2 Å². The molecule has 26 heteroatoms. The van der Waals surface area contributed by atoms with Crippen LogP contribution in [-0.4, -0.2) is 144 Å². The molecule has 1 aromatic carbocycles. The molecule has 414 valence electrons. The number of amides is 8. The van der Waals surface area contributed by atoms with Crippen LogP contribution >= 0.6 is 0 Å². The van der Waals surface area contributed by atoms with E-state index >= 15 is 4.79 Å². The highest BCUT2D eigenvalue weighted by atomic mass is 16.4. The number of fused-ring (bicyclic) bond motifs is 13. The molecular formula is C51H70N16O10. The molecule has 26 nitrogen and oxygen atoms in total. The summed E-state index contributed by atoms with van der Waals surface area (Å²) in [7, 11) is 0. The summed E-state index contributed by atoms with van der Waals surface area (Å²) in [4.78, 5) is 146.